The molecule has 4 aromatic carbocycles. The van der Waals surface area contributed by atoms with Gasteiger partial charge in [-0.2, -0.15) is 0 Å². The highest BCUT2D eigenvalue weighted by Crippen LogP contribution is 2.57. The minimum atomic E-state index is -1.08. The van der Waals surface area contributed by atoms with Crippen molar-refractivity contribution in [3.8, 4) is 11.5 Å². The fourth-order valence-electron chi connectivity index (χ4n) is 7.48. The lowest BCUT2D eigenvalue weighted by Crippen LogP contribution is -2.38. The van der Waals surface area contributed by atoms with Crippen molar-refractivity contribution in [2.75, 3.05) is 22.9 Å². The maximum absolute atomic E-state index is 13.5. The second kappa shape index (κ2) is 11.1. The molecule has 220 valence electrons. The van der Waals surface area contributed by atoms with E-state index in [1.165, 1.54) is 43.4 Å². The van der Waals surface area contributed by atoms with Gasteiger partial charge < -0.3 is 19.3 Å². The molecule has 1 spiro atoms. The minimum absolute atomic E-state index is 0.294. The summed E-state index contributed by atoms with van der Waals surface area (Å²) in [5, 5.41) is 0. The summed E-state index contributed by atoms with van der Waals surface area (Å²) in [4.78, 5) is 18.4. The van der Waals surface area contributed by atoms with Crippen LogP contribution in [0.5, 0.6) is 11.5 Å². The van der Waals surface area contributed by atoms with Crippen molar-refractivity contribution in [3.05, 3.63) is 118 Å². The van der Waals surface area contributed by atoms with Gasteiger partial charge in [-0.25, -0.2) is 4.79 Å². The van der Waals surface area contributed by atoms with Gasteiger partial charge in [0.1, 0.15) is 11.5 Å². The topological polar surface area (TPSA) is 42.0 Å². The van der Waals surface area contributed by atoms with E-state index in [4.69, 9.17) is 9.47 Å². The summed E-state index contributed by atoms with van der Waals surface area (Å²) in [7, 11) is 0. The van der Waals surface area contributed by atoms with Gasteiger partial charge in [-0.1, -0.05) is 67.8 Å². The third-order valence-electron chi connectivity index (χ3n) is 9.66. The van der Waals surface area contributed by atoms with Crippen LogP contribution in [0.4, 0.5) is 11.4 Å². The number of carbonyl (C=O) groups excluding carboxylic acids is 1. The highest BCUT2D eigenvalue weighted by molar-refractivity contribution is 5.97. The fraction of sp³-hybridized carbons (Fsp3) is 0.342. The number of fused-ring (bicyclic) bond motifs is 6. The molecule has 0 amide bonds. The predicted molar refractivity (Wildman–Crippen MR) is 172 cm³/mol. The molecule has 1 fully saturated rings. The zero-order chi connectivity index (χ0) is 29.6. The Morgan fingerprint density at radius 1 is 0.791 bits per heavy atom. The van der Waals surface area contributed by atoms with Gasteiger partial charge in [0.2, 0.25) is 0 Å². The van der Waals surface area contributed by atoms with Crippen LogP contribution in [0.3, 0.4) is 0 Å². The molecule has 0 radical (unpaired) electrons. The molecule has 7 rings (SSSR count). The number of rotatable bonds is 7. The average Bonchev–Trinajstić information content (AvgIpc) is 3.34. The normalized spacial score (nSPS) is 18.8. The number of aryl methyl sites for hydroxylation is 1. The van der Waals surface area contributed by atoms with E-state index < -0.39 is 5.60 Å². The molecule has 5 heteroatoms. The Kier molecular flexibility index (Phi) is 7.12. The summed E-state index contributed by atoms with van der Waals surface area (Å²) in [6.45, 7) is 9.13. The lowest BCUT2D eigenvalue weighted by atomic mass is 9.77. The first-order valence-electron chi connectivity index (χ1n) is 15.9. The molecule has 3 aliphatic rings. The van der Waals surface area contributed by atoms with Gasteiger partial charge >= 0.3 is 5.97 Å². The second-order valence-electron chi connectivity index (χ2n) is 12.1. The van der Waals surface area contributed by atoms with Gasteiger partial charge in [0.15, 0.2) is 5.60 Å². The van der Waals surface area contributed by atoms with E-state index in [0.717, 1.165) is 59.1 Å². The lowest BCUT2D eigenvalue weighted by Gasteiger charge is -2.41. The number of carbonyl (C=O) groups is 1. The van der Waals surface area contributed by atoms with E-state index in [-0.39, 0.29) is 5.97 Å². The highest BCUT2D eigenvalue weighted by atomic mass is 16.6. The van der Waals surface area contributed by atoms with Crippen LogP contribution >= 0.6 is 0 Å². The summed E-state index contributed by atoms with van der Waals surface area (Å²) in [5.41, 5.74) is 6.92. The third-order valence-corrected chi connectivity index (χ3v) is 9.66. The number of esters is 1. The molecule has 4 aromatic rings. The van der Waals surface area contributed by atoms with E-state index in [9.17, 15) is 4.79 Å². The fourth-order valence-corrected chi connectivity index (χ4v) is 7.48. The maximum atomic E-state index is 13.5. The molecule has 1 unspecified atom stereocenters. The molecule has 2 aliphatic heterocycles. The van der Waals surface area contributed by atoms with E-state index in [2.05, 4.69) is 91.2 Å². The summed E-state index contributed by atoms with van der Waals surface area (Å²) in [5.74, 6) is 1.19. The quantitative estimate of drug-likeness (QED) is 0.207. The summed E-state index contributed by atoms with van der Waals surface area (Å²) < 4.78 is 13.3. The molecule has 1 aliphatic carbocycles. The Hall–Kier alpha value is -4.25. The SMILES string of the molecule is CCN(CC)c1ccc2c(c1)Oc1cc(C)c(N(Cc3ccccc3)C3CCCCC3)cc1C21OC(=O)c2ccccc21. The smallest absolute Gasteiger partial charge is 0.340 e. The largest absolute Gasteiger partial charge is 0.456 e. The lowest BCUT2D eigenvalue weighted by molar-refractivity contribution is 0.0224. The van der Waals surface area contributed by atoms with Crippen LogP contribution in [0.15, 0.2) is 84.9 Å². The van der Waals surface area contributed by atoms with E-state index >= 15 is 0 Å². The van der Waals surface area contributed by atoms with Crippen LogP contribution in [0, 0.1) is 6.92 Å². The second-order valence-corrected chi connectivity index (χ2v) is 12.1. The standard InChI is InChI=1S/C38H40N2O3/c1-4-39(5-2)29-20-21-32-36(23-29)42-35-22-26(3)34(24-33(35)38(32)31-19-13-12-18-30(31)37(41)43-38)40(28-16-10-7-11-17-28)25-27-14-8-6-9-15-27/h6,8-9,12-15,18-24,28H,4-5,7,10-11,16-17,25H2,1-3H3. The molecule has 2 heterocycles. The van der Waals surface area contributed by atoms with Crippen LogP contribution in [-0.4, -0.2) is 25.1 Å². The first-order valence-corrected chi connectivity index (χ1v) is 15.9. The Labute approximate surface area is 255 Å². The highest BCUT2D eigenvalue weighted by Gasteiger charge is 2.54. The molecule has 0 aromatic heterocycles. The van der Waals surface area contributed by atoms with Crippen molar-refractivity contribution in [2.45, 2.75) is 71.1 Å². The van der Waals surface area contributed by atoms with Crippen LogP contribution in [-0.2, 0) is 16.9 Å². The van der Waals surface area contributed by atoms with E-state index in [0.29, 0.717) is 11.6 Å². The van der Waals surface area contributed by atoms with Crippen LogP contribution in [0.25, 0.3) is 0 Å². The summed E-state index contributed by atoms with van der Waals surface area (Å²) in [6.07, 6.45) is 6.16. The van der Waals surface area contributed by atoms with Crippen LogP contribution in [0.1, 0.15) is 84.1 Å². The van der Waals surface area contributed by atoms with Crippen molar-refractivity contribution in [2.24, 2.45) is 0 Å². The zero-order valence-electron chi connectivity index (χ0n) is 25.4. The Morgan fingerprint density at radius 2 is 1.51 bits per heavy atom. The number of ether oxygens (including phenoxy) is 2. The Balaban J connectivity index is 1.43. The van der Waals surface area contributed by atoms with Gasteiger partial charge in [0.25, 0.3) is 0 Å². The first-order chi connectivity index (χ1) is 21.0. The average molecular weight is 573 g/mol. The zero-order valence-corrected chi connectivity index (χ0v) is 25.4. The van der Waals surface area contributed by atoms with Crippen LogP contribution < -0.4 is 14.5 Å². The molecule has 1 atom stereocenters. The van der Waals surface area contributed by atoms with E-state index in [1.807, 2.05) is 24.3 Å². The number of hydrogen-bond acceptors (Lipinski definition) is 5. The first kappa shape index (κ1) is 27.6. The number of anilines is 2. The predicted octanol–water partition coefficient (Wildman–Crippen LogP) is 8.75. The van der Waals surface area contributed by atoms with Crippen molar-refractivity contribution in [1.29, 1.82) is 0 Å². The van der Waals surface area contributed by atoms with Crippen molar-refractivity contribution in [1.82, 2.24) is 0 Å². The maximum Gasteiger partial charge on any atom is 0.340 e. The van der Waals surface area contributed by atoms with Crippen molar-refractivity contribution >= 4 is 17.3 Å². The van der Waals surface area contributed by atoms with Gasteiger partial charge in [-0.15, -0.1) is 0 Å². The number of hydrogen-bond donors (Lipinski definition) is 0. The Bertz CT molecular complexity index is 1660. The van der Waals surface area contributed by atoms with Gasteiger partial charge in [-0.3, -0.25) is 0 Å². The molecular formula is C38H40N2O3. The van der Waals surface area contributed by atoms with E-state index in [1.54, 1.807) is 0 Å². The van der Waals surface area contributed by atoms with Crippen molar-refractivity contribution in [3.63, 3.8) is 0 Å². The molecule has 1 saturated carbocycles. The number of benzene rings is 4. The molecule has 0 bridgehead atoms. The van der Waals surface area contributed by atoms with Gasteiger partial charge in [0.05, 0.1) is 5.56 Å². The number of nitrogens with zero attached hydrogens (tertiary/aromatic N) is 2. The molecular weight excluding hydrogens is 532 g/mol. The van der Waals surface area contributed by atoms with Crippen molar-refractivity contribution < 1.29 is 14.3 Å². The van der Waals surface area contributed by atoms with Gasteiger partial charge in [0, 0.05) is 59.8 Å². The van der Waals surface area contributed by atoms with Crippen LogP contribution in [0.2, 0.25) is 0 Å². The minimum Gasteiger partial charge on any atom is -0.456 e. The monoisotopic (exact) mass is 572 g/mol. The van der Waals surface area contributed by atoms with Gasteiger partial charge in [-0.05, 0) is 75.1 Å². The summed E-state index contributed by atoms with van der Waals surface area (Å²) >= 11 is 0. The Morgan fingerprint density at radius 3 is 2.28 bits per heavy atom. The molecule has 5 nitrogen and oxygen atoms in total. The summed E-state index contributed by atoms with van der Waals surface area (Å²) in [6, 6.07) is 29.8. The molecule has 43 heavy (non-hydrogen) atoms. The molecule has 0 saturated heterocycles. The third kappa shape index (κ3) is 4.57. The molecule has 0 N–H and O–H groups in total.